The first-order valence-corrected chi connectivity index (χ1v) is 7.44. The van der Waals surface area contributed by atoms with Crippen LogP contribution in [0.1, 0.15) is 37.0 Å². The van der Waals surface area contributed by atoms with E-state index in [-0.39, 0.29) is 0 Å². The smallest absolute Gasteiger partial charge is 0.336 e. The van der Waals surface area contributed by atoms with E-state index in [1.807, 2.05) is 6.07 Å². The summed E-state index contributed by atoms with van der Waals surface area (Å²) in [5, 5.41) is 9.07. The normalized spacial score (nSPS) is 10.8. The van der Waals surface area contributed by atoms with Gasteiger partial charge in [-0.2, -0.15) is 0 Å². The molecule has 0 radical (unpaired) electrons. The van der Waals surface area contributed by atoms with Crippen LogP contribution in [0, 0.1) is 5.92 Å². The van der Waals surface area contributed by atoms with Gasteiger partial charge in [0.15, 0.2) is 0 Å². The third kappa shape index (κ3) is 5.13. The maximum atomic E-state index is 11.0. The Hall–Kier alpha value is -0.480. The summed E-state index contributed by atoms with van der Waals surface area (Å²) in [6.45, 7) is 4.40. The number of carbonyl (C=O) groups is 1. The molecule has 0 saturated heterocycles. The zero-order valence-electron chi connectivity index (χ0n) is 10.1. The lowest BCUT2D eigenvalue weighted by Crippen LogP contribution is -1.99. The first-order valence-electron chi connectivity index (χ1n) is 5.66. The monoisotopic (exact) mass is 316 g/mol. The lowest BCUT2D eigenvalue weighted by Gasteiger charge is -2.07. The van der Waals surface area contributed by atoms with E-state index in [1.54, 1.807) is 23.9 Å². The van der Waals surface area contributed by atoms with Gasteiger partial charge in [0.1, 0.15) is 0 Å². The van der Waals surface area contributed by atoms with Crippen molar-refractivity contribution in [1.29, 1.82) is 0 Å². The molecule has 1 rings (SSSR count). The standard InChI is InChI=1S/C13H17BrO2S/c1-9(2)4-3-7-17-12-8-10(14)5-6-11(12)13(15)16/h5-6,8-9H,3-4,7H2,1-2H3,(H,15,16). The number of benzene rings is 1. The fraction of sp³-hybridized carbons (Fsp3) is 0.462. The topological polar surface area (TPSA) is 37.3 Å². The van der Waals surface area contributed by atoms with Crippen molar-refractivity contribution in [2.24, 2.45) is 5.92 Å². The Morgan fingerprint density at radius 1 is 1.47 bits per heavy atom. The Balaban J connectivity index is 2.62. The van der Waals surface area contributed by atoms with Gasteiger partial charge in [0.05, 0.1) is 5.56 Å². The van der Waals surface area contributed by atoms with Crippen molar-refractivity contribution in [2.75, 3.05) is 5.75 Å². The largest absolute Gasteiger partial charge is 0.478 e. The summed E-state index contributed by atoms with van der Waals surface area (Å²) in [6.07, 6.45) is 2.30. The fourth-order valence-corrected chi connectivity index (χ4v) is 3.03. The summed E-state index contributed by atoms with van der Waals surface area (Å²) in [4.78, 5) is 11.9. The van der Waals surface area contributed by atoms with Gasteiger partial charge in [-0.05, 0) is 36.3 Å². The van der Waals surface area contributed by atoms with E-state index in [4.69, 9.17) is 5.11 Å². The Morgan fingerprint density at radius 3 is 2.76 bits per heavy atom. The van der Waals surface area contributed by atoms with Gasteiger partial charge in [0.2, 0.25) is 0 Å². The third-order valence-electron chi connectivity index (χ3n) is 2.36. The maximum absolute atomic E-state index is 11.0. The third-order valence-corrected chi connectivity index (χ3v) is 3.99. The van der Waals surface area contributed by atoms with E-state index in [1.165, 1.54) is 6.42 Å². The fourth-order valence-electron chi connectivity index (χ4n) is 1.47. The minimum atomic E-state index is -0.858. The molecular weight excluding hydrogens is 300 g/mol. The molecule has 0 aliphatic heterocycles. The average Bonchev–Trinajstić information content (AvgIpc) is 2.23. The van der Waals surface area contributed by atoms with Crippen molar-refractivity contribution < 1.29 is 9.90 Å². The minimum Gasteiger partial charge on any atom is -0.478 e. The molecule has 0 heterocycles. The van der Waals surface area contributed by atoms with E-state index in [0.29, 0.717) is 11.5 Å². The quantitative estimate of drug-likeness (QED) is 0.611. The molecule has 0 atom stereocenters. The predicted molar refractivity (Wildman–Crippen MR) is 75.9 cm³/mol. The van der Waals surface area contributed by atoms with Gasteiger partial charge in [-0.25, -0.2) is 4.79 Å². The van der Waals surface area contributed by atoms with Crippen molar-refractivity contribution in [3.05, 3.63) is 28.2 Å². The second-order valence-corrected chi connectivity index (χ2v) is 6.38. The van der Waals surface area contributed by atoms with E-state index in [9.17, 15) is 4.79 Å². The molecule has 94 valence electrons. The Bertz CT molecular complexity index is 391. The lowest BCUT2D eigenvalue weighted by molar-refractivity contribution is 0.0693. The minimum absolute atomic E-state index is 0.391. The molecule has 17 heavy (non-hydrogen) atoms. The van der Waals surface area contributed by atoms with Gasteiger partial charge < -0.3 is 5.11 Å². The van der Waals surface area contributed by atoms with Crippen molar-refractivity contribution in [1.82, 2.24) is 0 Å². The number of hydrogen-bond acceptors (Lipinski definition) is 2. The number of carboxylic acid groups (broad SMARTS) is 1. The zero-order valence-corrected chi connectivity index (χ0v) is 12.5. The molecule has 0 bridgehead atoms. The van der Waals surface area contributed by atoms with Crippen LogP contribution in [0.2, 0.25) is 0 Å². The van der Waals surface area contributed by atoms with Crippen LogP contribution in [0.25, 0.3) is 0 Å². The van der Waals surface area contributed by atoms with Crippen molar-refractivity contribution in [3.8, 4) is 0 Å². The maximum Gasteiger partial charge on any atom is 0.336 e. The first kappa shape index (κ1) is 14.6. The van der Waals surface area contributed by atoms with Crippen LogP contribution in [0.3, 0.4) is 0 Å². The van der Waals surface area contributed by atoms with Gasteiger partial charge in [-0.1, -0.05) is 36.2 Å². The molecule has 0 saturated carbocycles. The molecule has 0 amide bonds. The summed E-state index contributed by atoms with van der Waals surface area (Å²) in [5.74, 6) is 0.815. The molecule has 0 spiro atoms. The second kappa shape index (κ2) is 7.07. The second-order valence-electron chi connectivity index (χ2n) is 4.33. The molecule has 0 aliphatic carbocycles. The van der Waals surface area contributed by atoms with E-state index in [0.717, 1.165) is 21.5 Å². The highest BCUT2D eigenvalue weighted by atomic mass is 79.9. The molecule has 2 nitrogen and oxygen atoms in total. The van der Waals surface area contributed by atoms with Crippen LogP contribution in [-0.4, -0.2) is 16.8 Å². The van der Waals surface area contributed by atoms with E-state index < -0.39 is 5.97 Å². The average molecular weight is 317 g/mol. The van der Waals surface area contributed by atoms with Crippen LogP contribution >= 0.6 is 27.7 Å². The first-order chi connectivity index (χ1) is 8.00. The summed E-state index contributed by atoms with van der Waals surface area (Å²) in [6, 6.07) is 5.29. The molecule has 0 aliphatic rings. The summed E-state index contributed by atoms with van der Waals surface area (Å²) < 4.78 is 0.925. The molecule has 1 aromatic rings. The van der Waals surface area contributed by atoms with Gasteiger partial charge in [0, 0.05) is 9.37 Å². The van der Waals surface area contributed by atoms with Gasteiger partial charge in [-0.15, -0.1) is 11.8 Å². The van der Waals surface area contributed by atoms with Gasteiger partial charge in [0.25, 0.3) is 0 Å². The Labute approximate surface area is 115 Å². The van der Waals surface area contributed by atoms with Crippen LogP contribution in [0.5, 0.6) is 0 Å². The van der Waals surface area contributed by atoms with E-state index >= 15 is 0 Å². The summed E-state index contributed by atoms with van der Waals surface area (Å²) >= 11 is 4.99. The number of thioether (sulfide) groups is 1. The molecule has 0 fully saturated rings. The molecular formula is C13H17BrO2S. The van der Waals surface area contributed by atoms with Crippen LogP contribution in [0.15, 0.2) is 27.6 Å². The van der Waals surface area contributed by atoms with Crippen LogP contribution in [0.4, 0.5) is 0 Å². The molecule has 4 heteroatoms. The number of aromatic carboxylic acids is 1. The van der Waals surface area contributed by atoms with E-state index in [2.05, 4.69) is 29.8 Å². The van der Waals surface area contributed by atoms with Gasteiger partial charge >= 0.3 is 5.97 Å². The summed E-state index contributed by atoms with van der Waals surface area (Å²) in [5.41, 5.74) is 0.391. The number of carboxylic acids is 1. The van der Waals surface area contributed by atoms with Crippen LogP contribution in [-0.2, 0) is 0 Å². The van der Waals surface area contributed by atoms with Crippen molar-refractivity contribution in [2.45, 2.75) is 31.6 Å². The van der Waals surface area contributed by atoms with Gasteiger partial charge in [-0.3, -0.25) is 0 Å². The highest BCUT2D eigenvalue weighted by Crippen LogP contribution is 2.27. The zero-order chi connectivity index (χ0) is 12.8. The highest BCUT2D eigenvalue weighted by Gasteiger charge is 2.10. The van der Waals surface area contributed by atoms with Crippen LogP contribution < -0.4 is 0 Å². The Morgan fingerprint density at radius 2 is 2.18 bits per heavy atom. The Kier molecular flexibility index (Phi) is 6.06. The number of hydrogen-bond donors (Lipinski definition) is 1. The predicted octanol–water partition coefficient (Wildman–Crippen LogP) is 4.68. The van der Waals surface area contributed by atoms with Crippen molar-refractivity contribution >= 4 is 33.7 Å². The molecule has 1 N–H and O–H groups in total. The number of halogens is 1. The lowest BCUT2D eigenvalue weighted by atomic mass is 10.1. The highest BCUT2D eigenvalue weighted by molar-refractivity contribution is 9.10. The molecule has 0 unspecified atom stereocenters. The van der Waals surface area contributed by atoms with Crippen molar-refractivity contribution in [3.63, 3.8) is 0 Å². The molecule has 1 aromatic carbocycles. The SMILES string of the molecule is CC(C)CCCSc1cc(Br)ccc1C(=O)O. The number of rotatable bonds is 6. The summed E-state index contributed by atoms with van der Waals surface area (Å²) in [7, 11) is 0. The molecule has 0 aromatic heterocycles.